The van der Waals surface area contributed by atoms with Crippen LogP contribution in [0.1, 0.15) is 71.1 Å². The van der Waals surface area contributed by atoms with Crippen LogP contribution < -0.4 is 5.11 Å². The summed E-state index contributed by atoms with van der Waals surface area (Å²) >= 11 is 0. The molecule has 0 aromatic carbocycles. The van der Waals surface area contributed by atoms with Gasteiger partial charge >= 0.3 is 18.3 Å². The van der Waals surface area contributed by atoms with Crippen LogP contribution in [0.2, 0.25) is 0 Å². The highest BCUT2D eigenvalue weighted by Crippen LogP contribution is 2.41. The molecular weight excluding hydrogens is 354 g/mol. The number of rotatable bonds is 12. The number of ether oxygens (including phenoxy) is 1. The number of alkyl halides is 6. The van der Waals surface area contributed by atoms with Gasteiger partial charge in [0, 0.05) is 0 Å². The molecule has 0 fully saturated rings. The Morgan fingerprint density at radius 2 is 1.12 bits per heavy atom. The van der Waals surface area contributed by atoms with E-state index in [0.29, 0.717) is 6.42 Å². The maximum absolute atomic E-state index is 12.3. The molecule has 0 atom stereocenters. The van der Waals surface area contributed by atoms with Crippen molar-refractivity contribution in [2.45, 2.75) is 89.1 Å². The van der Waals surface area contributed by atoms with E-state index >= 15 is 0 Å². The fourth-order valence-corrected chi connectivity index (χ4v) is 2.25. The number of esters is 1. The smallest absolute Gasteiger partial charge is 0.399 e. The third-order valence-electron chi connectivity index (χ3n) is 3.82. The van der Waals surface area contributed by atoms with E-state index in [9.17, 15) is 36.2 Å². The molecule has 0 bridgehead atoms. The lowest BCUT2D eigenvalue weighted by molar-refractivity contribution is -0.574. The predicted molar refractivity (Wildman–Crippen MR) is 77.6 cm³/mol. The molecule has 0 aliphatic heterocycles. The van der Waals surface area contributed by atoms with Crippen molar-refractivity contribution in [1.29, 1.82) is 0 Å². The molecule has 150 valence electrons. The van der Waals surface area contributed by atoms with Crippen LogP contribution in [0.15, 0.2) is 0 Å². The minimum atomic E-state index is -6.31. The van der Waals surface area contributed by atoms with Crippen LogP contribution in [-0.2, 0) is 9.53 Å². The van der Waals surface area contributed by atoms with Crippen LogP contribution in [0.4, 0.5) is 26.3 Å². The van der Waals surface area contributed by atoms with Crippen LogP contribution in [0.3, 0.4) is 0 Å². The zero-order valence-electron chi connectivity index (χ0n) is 14.3. The van der Waals surface area contributed by atoms with E-state index in [1.54, 1.807) is 0 Å². The molecule has 0 aromatic heterocycles. The number of carbonyl (C=O) groups excluding carboxylic acids is 1. The van der Waals surface area contributed by atoms with Crippen LogP contribution in [-0.4, -0.2) is 30.5 Å². The molecule has 0 spiro atoms. The van der Waals surface area contributed by atoms with Crippen LogP contribution >= 0.6 is 0 Å². The van der Waals surface area contributed by atoms with Gasteiger partial charge in [0.05, 0.1) is 6.61 Å². The average molecular weight is 379 g/mol. The predicted octanol–water partition coefficient (Wildman–Crippen LogP) is 4.67. The van der Waals surface area contributed by atoms with Gasteiger partial charge in [-0.1, -0.05) is 64.7 Å². The van der Waals surface area contributed by atoms with Gasteiger partial charge in [-0.3, -0.25) is 4.79 Å². The lowest BCUT2D eigenvalue weighted by atomic mass is 10.0. The molecule has 0 heterocycles. The van der Waals surface area contributed by atoms with Crippen LogP contribution in [0, 0.1) is 0 Å². The van der Waals surface area contributed by atoms with Crippen LogP contribution in [0.25, 0.3) is 0 Å². The first-order chi connectivity index (χ1) is 11.5. The minimum Gasteiger partial charge on any atom is -0.828 e. The zero-order valence-corrected chi connectivity index (χ0v) is 14.3. The first kappa shape index (κ1) is 24.0. The van der Waals surface area contributed by atoms with E-state index in [1.807, 2.05) is 0 Å². The molecule has 25 heavy (non-hydrogen) atoms. The molecule has 0 saturated heterocycles. The highest BCUT2D eigenvalue weighted by molar-refractivity contribution is 5.81. The molecule has 0 N–H and O–H groups in total. The van der Waals surface area contributed by atoms with Gasteiger partial charge in [-0.15, -0.1) is 0 Å². The second kappa shape index (κ2) is 10.9. The van der Waals surface area contributed by atoms with Gasteiger partial charge in [0.25, 0.3) is 0 Å². The monoisotopic (exact) mass is 379 g/mol. The molecule has 0 aromatic rings. The molecule has 0 amide bonds. The standard InChI is InChI=1S/C16H25F6O3/c1-2-3-4-5-6-7-8-9-10-11-12-25-13(23)14(24,15(17,18)19)16(20,21)22/h2-12H2,1H3/q-1. The second-order valence-electron chi connectivity index (χ2n) is 5.99. The van der Waals surface area contributed by atoms with Gasteiger partial charge in [-0.05, 0) is 6.42 Å². The molecule has 0 radical (unpaired) electrons. The van der Waals surface area contributed by atoms with Gasteiger partial charge in [-0.25, -0.2) is 0 Å². The summed E-state index contributed by atoms with van der Waals surface area (Å²) in [4.78, 5) is 11.0. The fraction of sp³-hybridized carbons (Fsp3) is 0.938. The summed E-state index contributed by atoms with van der Waals surface area (Å²) in [6.45, 7) is 1.48. The van der Waals surface area contributed by atoms with E-state index in [0.717, 1.165) is 38.5 Å². The van der Waals surface area contributed by atoms with Crippen molar-refractivity contribution in [3.05, 3.63) is 0 Å². The Morgan fingerprint density at radius 3 is 1.48 bits per heavy atom. The summed E-state index contributed by atoms with van der Waals surface area (Å²) in [6, 6.07) is 0. The largest absolute Gasteiger partial charge is 0.828 e. The van der Waals surface area contributed by atoms with Crippen molar-refractivity contribution in [2.24, 2.45) is 0 Å². The lowest BCUT2D eigenvalue weighted by Crippen LogP contribution is -2.71. The average Bonchev–Trinajstić information content (AvgIpc) is 2.49. The molecule has 0 aliphatic rings. The maximum Gasteiger partial charge on any atom is 0.399 e. The van der Waals surface area contributed by atoms with Crippen molar-refractivity contribution in [3.63, 3.8) is 0 Å². The molecule has 0 aliphatic carbocycles. The van der Waals surface area contributed by atoms with Crippen molar-refractivity contribution in [2.75, 3.05) is 6.61 Å². The molecule has 3 nitrogen and oxygen atoms in total. The third-order valence-corrected chi connectivity index (χ3v) is 3.82. The summed E-state index contributed by atoms with van der Waals surface area (Å²) in [5.74, 6) is -2.84. The highest BCUT2D eigenvalue weighted by Gasteiger charge is 2.68. The first-order valence-electron chi connectivity index (χ1n) is 8.49. The Labute approximate surface area is 143 Å². The maximum atomic E-state index is 12.3. The van der Waals surface area contributed by atoms with Crippen molar-refractivity contribution >= 4 is 5.97 Å². The number of hydrogen-bond donors (Lipinski definition) is 0. The number of unbranched alkanes of at least 4 members (excludes halogenated alkanes) is 9. The Kier molecular flexibility index (Phi) is 10.4. The molecular formula is C16H25F6O3-. The summed E-state index contributed by atoms with van der Waals surface area (Å²) in [5.41, 5.74) is -5.74. The van der Waals surface area contributed by atoms with E-state index < -0.39 is 30.5 Å². The van der Waals surface area contributed by atoms with Gasteiger partial charge in [0.15, 0.2) is 5.60 Å². The lowest BCUT2D eigenvalue weighted by Gasteiger charge is -2.40. The van der Waals surface area contributed by atoms with Gasteiger partial charge in [-0.2, -0.15) is 26.3 Å². The Balaban J connectivity index is 3.99. The summed E-state index contributed by atoms with van der Waals surface area (Å²) in [7, 11) is 0. The number of hydrogen-bond acceptors (Lipinski definition) is 3. The fourth-order valence-electron chi connectivity index (χ4n) is 2.25. The van der Waals surface area contributed by atoms with Crippen molar-refractivity contribution in [1.82, 2.24) is 0 Å². The Hall–Kier alpha value is -0.990. The highest BCUT2D eigenvalue weighted by atomic mass is 19.4. The molecule has 9 heteroatoms. The number of carbonyl (C=O) groups is 1. The van der Waals surface area contributed by atoms with Crippen molar-refractivity contribution < 1.29 is 41.0 Å². The molecule has 0 saturated carbocycles. The summed E-state index contributed by atoms with van der Waals surface area (Å²) in [6.07, 6.45) is -3.56. The summed E-state index contributed by atoms with van der Waals surface area (Å²) in [5, 5.41) is 11.0. The topological polar surface area (TPSA) is 49.4 Å². The number of halogens is 6. The van der Waals surface area contributed by atoms with Gasteiger partial charge in [0.2, 0.25) is 0 Å². The zero-order chi connectivity index (χ0) is 19.6. The quantitative estimate of drug-likeness (QED) is 0.281. The van der Waals surface area contributed by atoms with E-state index in [2.05, 4.69) is 11.7 Å². The Bertz CT molecular complexity index is 365. The minimum absolute atomic E-state index is 0.118. The van der Waals surface area contributed by atoms with E-state index in [1.165, 1.54) is 12.8 Å². The van der Waals surface area contributed by atoms with Crippen LogP contribution in [0.5, 0.6) is 0 Å². The van der Waals surface area contributed by atoms with Crippen molar-refractivity contribution in [3.8, 4) is 0 Å². The van der Waals surface area contributed by atoms with Gasteiger partial charge in [0.1, 0.15) is 0 Å². The summed E-state index contributed by atoms with van der Waals surface area (Å²) < 4.78 is 78.0. The molecule has 0 rings (SSSR count). The van der Waals surface area contributed by atoms with E-state index in [-0.39, 0.29) is 6.42 Å². The second-order valence-corrected chi connectivity index (χ2v) is 5.99. The van der Waals surface area contributed by atoms with E-state index in [4.69, 9.17) is 0 Å². The SMILES string of the molecule is CCCCCCCCCCCCOC(=O)C([O-])(C(F)(F)F)C(F)(F)F. The Morgan fingerprint density at radius 1 is 0.760 bits per heavy atom. The first-order valence-corrected chi connectivity index (χ1v) is 8.49. The third kappa shape index (κ3) is 7.83. The normalized spacial score (nSPS) is 13.1. The molecule has 0 unspecified atom stereocenters. The van der Waals surface area contributed by atoms with Gasteiger partial charge < -0.3 is 9.84 Å².